The summed E-state index contributed by atoms with van der Waals surface area (Å²) in [6, 6.07) is 9.19. The molecule has 1 N–H and O–H groups in total. The summed E-state index contributed by atoms with van der Waals surface area (Å²) in [5.74, 6) is 1.44. The van der Waals surface area contributed by atoms with Crippen molar-refractivity contribution < 1.29 is 9.47 Å². The molecule has 3 rings (SSSR count). The third kappa shape index (κ3) is 3.51. The molecule has 1 aromatic carbocycles. The van der Waals surface area contributed by atoms with Crippen LogP contribution in [-0.2, 0) is 13.1 Å². The number of nitrogens with one attached hydrogen (secondary N) is 1. The number of benzene rings is 1. The lowest BCUT2D eigenvalue weighted by Crippen LogP contribution is -2.25. The summed E-state index contributed by atoms with van der Waals surface area (Å²) in [5.41, 5.74) is 2.29. The van der Waals surface area contributed by atoms with Crippen LogP contribution >= 0.6 is 0 Å². The van der Waals surface area contributed by atoms with E-state index in [1.807, 2.05) is 18.2 Å². The van der Waals surface area contributed by atoms with Gasteiger partial charge in [-0.2, -0.15) is 0 Å². The second-order valence-electron chi connectivity index (χ2n) is 5.70. The van der Waals surface area contributed by atoms with Gasteiger partial charge >= 0.3 is 0 Å². The lowest BCUT2D eigenvalue weighted by molar-refractivity contribution is 0.261. The zero-order valence-electron chi connectivity index (χ0n) is 14.7. The molecule has 0 unspecified atom stereocenters. The quantitative estimate of drug-likeness (QED) is 0.712. The van der Waals surface area contributed by atoms with Crippen molar-refractivity contribution in [2.24, 2.45) is 0 Å². The third-order valence-corrected chi connectivity index (χ3v) is 4.15. The maximum atomic E-state index is 12.1. The highest BCUT2D eigenvalue weighted by Gasteiger charge is 2.14. The van der Waals surface area contributed by atoms with E-state index in [9.17, 15) is 4.79 Å². The van der Waals surface area contributed by atoms with Gasteiger partial charge in [-0.25, -0.2) is 9.50 Å². The fourth-order valence-corrected chi connectivity index (χ4v) is 2.89. The molecular weight excluding hydrogens is 320 g/mol. The van der Waals surface area contributed by atoms with Gasteiger partial charge in [0.15, 0.2) is 17.1 Å². The number of hydrogen-bond acceptors (Lipinski definition) is 5. The first-order chi connectivity index (χ1) is 12.2. The number of ether oxygens (including phenoxy) is 2. The Balaban J connectivity index is 1.84. The molecule has 0 aliphatic carbocycles. The molecule has 0 radical (unpaired) electrons. The van der Waals surface area contributed by atoms with E-state index >= 15 is 0 Å². The van der Waals surface area contributed by atoms with E-state index in [1.54, 1.807) is 32.5 Å². The maximum absolute atomic E-state index is 12.1. The largest absolute Gasteiger partial charge is 0.493 e. The lowest BCUT2D eigenvalue weighted by Gasteiger charge is -2.22. The fourth-order valence-electron chi connectivity index (χ4n) is 2.89. The predicted molar refractivity (Wildman–Crippen MR) is 95.1 cm³/mol. The third-order valence-electron chi connectivity index (χ3n) is 4.15. The van der Waals surface area contributed by atoms with Crippen molar-refractivity contribution in [2.75, 3.05) is 20.8 Å². The first-order valence-electron chi connectivity index (χ1n) is 8.14. The van der Waals surface area contributed by atoms with E-state index in [1.165, 1.54) is 4.52 Å². The number of fused-ring (bicyclic) bond motifs is 1. The Labute approximate surface area is 145 Å². The highest BCUT2D eigenvalue weighted by Crippen LogP contribution is 2.31. The molecule has 132 valence electrons. The molecule has 0 aliphatic rings. The smallest absolute Gasteiger partial charge is 0.272 e. The molecule has 0 fully saturated rings. The Kier molecular flexibility index (Phi) is 5.04. The van der Waals surface area contributed by atoms with Crippen molar-refractivity contribution >= 4 is 5.65 Å². The molecule has 0 amide bonds. The van der Waals surface area contributed by atoms with Crippen molar-refractivity contribution in [1.82, 2.24) is 19.5 Å². The number of H-pyrrole nitrogens is 1. The van der Waals surface area contributed by atoms with Crippen LogP contribution in [-0.4, -0.2) is 40.3 Å². The first-order valence-corrected chi connectivity index (χ1v) is 8.14. The molecule has 2 aromatic heterocycles. The van der Waals surface area contributed by atoms with E-state index in [0.717, 1.165) is 23.6 Å². The number of nitrogens with zero attached hydrogens (tertiary/aromatic N) is 3. The Morgan fingerprint density at radius 1 is 1.20 bits per heavy atom. The van der Waals surface area contributed by atoms with Crippen LogP contribution in [0.25, 0.3) is 5.65 Å². The van der Waals surface area contributed by atoms with Crippen LogP contribution in [0.1, 0.15) is 18.2 Å². The first kappa shape index (κ1) is 17.0. The zero-order valence-corrected chi connectivity index (χ0v) is 14.7. The SMILES string of the molecule is CCN(Cc1cc(=O)n2[nH]ccc2n1)Cc1cccc(OC)c1OC. The van der Waals surface area contributed by atoms with Crippen LogP contribution in [0.3, 0.4) is 0 Å². The van der Waals surface area contributed by atoms with Gasteiger partial charge in [0, 0.05) is 37.0 Å². The van der Waals surface area contributed by atoms with E-state index in [2.05, 4.69) is 21.9 Å². The van der Waals surface area contributed by atoms with E-state index in [4.69, 9.17) is 9.47 Å². The minimum absolute atomic E-state index is 0.111. The van der Waals surface area contributed by atoms with Crippen LogP contribution in [0.5, 0.6) is 11.5 Å². The molecule has 25 heavy (non-hydrogen) atoms. The molecule has 7 heteroatoms. The summed E-state index contributed by atoms with van der Waals surface area (Å²) < 4.78 is 12.3. The molecule has 0 atom stereocenters. The van der Waals surface area contributed by atoms with Gasteiger partial charge in [-0.1, -0.05) is 19.1 Å². The van der Waals surface area contributed by atoms with E-state index in [-0.39, 0.29) is 5.56 Å². The van der Waals surface area contributed by atoms with Crippen molar-refractivity contribution in [3.05, 3.63) is 58.1 Å². The Bertz CT molecular complexity index is 916. The summed E-state index contributed by atoms with van der Waals surface area (Å²) in [6.07, 6.45) is 1.70. The summed E-state index contributed by atoms with van der Waals surface area (Å²) in [7, 11) is 3.27. The van der Waals surface area contributed by atoms with Crippen LogP contribution in [0.2, 0.25) is 0 Å². The van der Waals surface area contributed by atoms with Crippen LogP contribution in [0.15, 0.2) is 41.3 Å². The van der Waals surface area contributed by atoms with Gasteiger partial charge in [0.2, 0.25) is 0 Å². The molecule has 0 saturated carbocycles. The number of para-hydroxylation sites is 1. The minimum atomic E-state index is -0.111. The lowest BCUT2D eigenvalue weighted by atomic mass is 10.1. The fraction of sp³-hybridized carbons (Fsp3) is 0.333. The Morgan fingerprint density at radius 3 is 2.76 bits per heavy atom. The highest BCUT2D eigenvalue weighted by molar-refractivity contribution is 5.46. The summed E-state index contributed by atoms with van der Waals surface area (Å²) in [6.45, 7) is 4.14. The second kappa shape index (κ2) is 7.40. The van der Waals surface area contributed by atoms with Gasteiger partial charge in [-0.05, 0) is 12.6 Å². The average Bonchev–Trinajstić information content (AvgIpc) is 3.10. The normalized spacial score (nSPS) is 11.2. The van der Waals surface area contributed by atoms with Gasteiger partial charge in [0.05, 0.1) is 19.9 Å². The molecule has 0 saturated heterocycles. The highest BCUT2D eigenvalue weighted by atomic mass is 16.5. The molecule has 0 bridgehead atoms. The molecule has 3 aromatic rings. The van der Waals surface area contributed by atoms with Crippen molar-refractivity contribution in [3.8, 4) is 11.5 Å². The standard InChI is InChI=1S/C18H22N4O3/c1-4-21(11-13-6-5-7-15(24-2)18(13)25-3)12-14-10-17(23)22-16(20-14)8-9-19-22/h5-10,19H,4,11-12H2,1-3H3. The monoisotopic (exact) mass is 342 g/mol. The van der Waals surface area contributed by atoms with Crippen LogP contribution in [0, 0.1) is 0 Å². The molecule has 7 nitrogen and oxygen atoms in total. The number of rotatable bonds is 7. The predicted octanol–water partition coefficient (Wildman–Crippen LogP) is 2.06. The van der Waals surface area contributed by atoms with Crippen LogP contribution < -0.4 is 15.0 Å². The maximum Gasteiger partial charge on any atom is 0.272 e. The van der Waals surface area contributed by atoms with Crippen molar-refractivity contribution in [1.29, 1.82) is 0 Å². The number of aromatic amines is 1. The summed E-state index contributed by atoms with van der Waals surface area (Å²) in [5, 5.41) is 2.85. The van der Waals surface area contributed by atoms with Gasteiger partial charge in [0.1, 0.15) is 0 Å². The van der Waals surface area contributed by atoms with Gasteiger partial charge in [-0.3, -0.25) is 14.8 Å². The molecule has 0 aliphatic heterocycles. The molecule has 2 heterocycles. The van der Waals surface area contributed by atoms with Crippen molar-refractivity contribution in [2.45, 2.75) is 20.0 Å². The zero-order chi connectivity index (χ0) is 17.8. The van der Waals surface area contributed by atoms with E-state index in [0.29, 0.717) is 24.5 Å². The van der Waals surface area contributed by atoms with Crippen molar-refractivity contribution in [3.63, 3.8) is 0 Å². The van der Waals surface area contributed by atoms with Gasteiger partial charge < -0.3 is 9.47 Å². The second-order valence-corrected chi connectivity index (χ2v) is 5.70. The minimum Gasteiger partial charge on any atom is -0.493 e. The Hall–Kier alpha value is -2.80. The number of aromatic nitrogens is 3. The number of hydrogen-bond donors (Lipinski definition) is 1. The summed E-state index contributed by atoms with van der Waals surface area (Å²) in [4.78, 5) is 18.8. The van der Waals surface area contributed by atoms with Gasteiger partial charge in [-0.15, -0.1) is 0 Å². The van der Waals surface area contributed by atoms with Gasteiger partial charge in [0.25, 0.3) is 5.56 Å². The van der Waals surface area contributed by atoms with E-state index < -0.39 is 0 Å². The van der Waals surface area contributed by atoms with Crippen LogP contribution in [0.4, 0.5) is 0 Å². The molecule has 0 spiro atoms. The number of methoxy groups -OCH3 is 2. The summed E-state index contributed by atoms with van der Waals surface area (Å²) >= 11 is 0. The molecular formula is C18H22N4O3. The topological polar surface area (TPSA) is 71.9 Å². The Morgan fingerprint density at radius 2 is 2.04 bits per heavy atom. The average molecular weight is 342 g/mol.